The van der Waals surface area contributed by atoms with Gasteiger partial charge in [-0.15, -0.1) is 0 Å². The van der Waals surface area contributed by atoms with Crippen molar-refractivity contribution in [1.82, 2.24) is 39.0 Å². The zero-order valence-corrected chi connectivity index (χ0v) is 28.5. The first-order chi connectivity index (χ1) is 23.6. The molecule has 0 bridgehead atoms. The molecule has 2 aliphatic rings. The Bertz CT molecular complexity index is 1880. The molecule has 0 radical (unpaired) electrons. The molecule has 6 rings (SSSR count). The van der Waals surface area contributed by atoms with Gasteiger partial charge in [0, 0.05) is 6.54 Å². The SMILES string of the molecule is Nc1nc(OC/C=C/CNc2ncnc3c2ncn3[C@@H]2O[C@H](CO)[C@@H](O[PH](O)=S)[C@H]2F)c2ncn([C@@H]3O[C@H](CO)[C@@H](O[PH](O)=S)[C@H]3F)c2n1. The van der Waals surface area contributed by atoms with E-state index < -0.39 is 76.7 Å². The van der Waals surface area contributed by atoms with Gasteiger partial charge in [0.1, 0.15) is 37.4 Å². The molecule has 2 aliphatic heterocycles. The summed E-state index contributed by atoms with van der Waals surface area (Å²) in [5.74, 6) is 0.190. The van der Waals surface area contributed by atoms with Gasteiger partial charge >= 0.3 is 0 Å². The molecule has 19 nitrogen and oxygen atoms in total. The molecule has 0 amide bonds. The van der Waals surface area contributed by atoms with E-state index in [0.717, 1.165) is 0 Å². The number of halogens is 2. The monoisotopic (exact) mass is 766 g/mol. The summed E-state index contributed by atoms with van der Waals surface area (Å²) in [4.78, 5) is 44.2. The molecule has 10 atom stereocenters. The lowest BCUT2D eigenvalue weighted by Gasteiger charge is -2.17. The highest BCUT2D eigenvalue weighted by molar-refractivity contribution is 8.00. The van der Waals surface area contributed by atoms with E-state index >= 15 is 8.78 Å². The van der Waals surface area contributed by atoms with Crippen LogP contribution < -0.4 is 15.8 Å². The van der Waals surface area contributed by atoms with Crippen LogP contribution in [0.5, 0.6) is 5.88 Å². The fourth-order valence-electron chi connectivity index (χ4n) is 5.44. The minimum Gasteiger partial charge on any atom is -0.472 e. The lowest BCUT2D eigenvalue weighted by Crippen LogP contribution is -2.32. The van der Waals surface area contributed by atoms with Gasteiger partial charge in [0.2, 0.25) is 11.8 Å². The van der Waals surface area contributed by atoms with Crippen LogP contribution in [0.2, 0.25) is 0 Å². The van der Waals surface area contributed by atoms with Crippen LogP contribution in [0, 0.1) is 0 Å². The molecule has 49 heavy (non-hydrogen) atoms. The Morgan fingerprint density at radius 1 is 0.878 bits per heavy atom. The van der Waals surface area contributed by atoms with Gasteiger partial charge < -0.3 is 54.3 Å². The Morgan fingerprint density at radius 2 is 1.47 bits per heavy atom. The summed E-state index contributed by atoms with van der Waals surface area (Å²) in [5, 5.41) is 22.3. The summed E-state index contributed by atoms with van der Waals surface area (Å²) >= 11 is 9.36. The molecule has 0 aliphatic carbocycles. The number of hydrogen-bond acceptors (Lipinski definition) is 17. The predicted octanol–water partition coefficient (Wildman–Crippen LogP) is -0.182. The Hall–Kier alpha value is -2.92. The highest BCUT2D eigenvalue weighted by atomic mass is 32.4. The van der Waals surface area contributed by atoms with E-state index in [-0.39, 0.29) is 41.8 Å². The molecule has 0 saturated carbocycles. The van der Waals surface area contributed by atoms with Crippen molar-refractivity contribution in [3.8, 4) is 5.88 Å². The van der Waals surface area contributed by atoms with Crippen molar-refractivity contribution in [3.05, 3.63) is 31.1 Å². The molecule has 2 saturated heterocycles. The smallest absolute Gasteiger partial charge is 0.247 e. The number of hydrogen-bond donors (Lipinski definition) is 6. The van der Waals surface area contributed by atoms with Gasteiger partial charge in [-0.1, -0.05) is 6.08 Å². The van der Waals surface area contributed by atoms with Crippen LogP contribution in [0.4, 0.5) is 20.5 Å². The topological polar surface area (TPSA) is 252 Å². The van der Waals surface area contributed by atoms with Gasteiger partial charge in [-0.3, -0.25) is 9.13 Å². The van der Waals surface area contributed by atoms with Gasteiger partial charge in [0.05, 0.1) is 25.9 Å². The number of fused-ring (bicyclic) bond motifs is 2. The number of ether oxygens (including phenoxy) is 3. The van der Waals surface area contributed by atoms with Crippen LogP contribution in [0.3, 0.4) is 0 Å². The van der Waals surface area contributed by atoms with Crippen LogP contribution in [0.25, 0.3) is 22.3 Å². The Kier molecular flexibility index (Phi) is 11.4. The second-order valence-electron chi connectivity index (χ2n) is 10.5. The minimum atomic E-state index is -2.69. The summed E-state index contributed by atoms with van der Waals surface area (Å²) < 4.78 is 60.5. The molecule has 25 heteroatoms. The number of nitrogens with one attached hydrogen (secondary N) is 1. The Morgan fingerprint density at radius 3 is 2.06 bits per heavy atom. The molecule has 2 unspecified atom stereocenters. The van der Waals surface area contributed by atoms with E-state index in [1.165, 1.54) is 28.1 Å². The zero-order valence-electron chi connectivity index (χ0n) is 24.9. The first-order valence-electron chi connectivity index (χ1n) is 14.4. The fraction of sp³-hybridized carbons (Fsp3) is 0.500. The molecule has 6 heterocycles. The second-order valence-corrected chi connectivity index (χ2v) is 14.1. The molecular weight excluding hydrogens is 736 g/mol. The molecule has 0 aromatic carbocycles. The number of aliphatic hydroxyl groups is 2. The maximum absolute atomic E-state index is 15.3. The van der Waals surface area contributed by atoms with E-state index in [2.05, 4.69) is 58.8 Å². The average Bonchev–Trinajstić information content (AvgIpc) is 3.83. The second kappa shape index (κ2) is 15.5. The number of aliphatic hydroxyl groups excluding tert-OH is 2. The number of aromatic nitrogens is 8. The Labute approximate surface area is 286 Å². The van der Waals surface area contributed by atoms with Crippen LogP contribution in [0.1, 0.15) is 12.5 Å². The molecule has 4 aromatic heterocycles. The lowest BCUT2D eigenvalue weighted by molar-refractivity contribution is -0.0430. The van der Waals surface area contributed by atoms with Gasteiger partial charge in [0.15, 0.2) is 67.2 Å². The van der Waals surface area contributed by atoms with Crippen LogP contribution in [-0.2, 0) is 42.1 Å². The maximum atomic E-state index is 15.3. The Balaban J connectivity index is 1.09. The third-order valence-corrected chi connectivity index (χ3v) is 9.08. The normalized spacial score (nSPS) is 28.5. The van der Waals surface area contributed by atoms with Gasteiger partial charge in [0.25, 0.3) is 0 Å². The fourth-order valence-corrected chi connectivity index (χ4v) is 7.14. The number of anilines is 2. The molecule has 2 fully saturated rings. The van der Waals surface area contributed by atoms with E-state index in [0.29, 0.717) is 11.3 Å². The third kappa shape index (κ3) is 7.43. The highest BCUT2D eigenvalue weighted by Crippen LogP contribution is 2.40. The zero-order chi connectivity index (χ0) is 34.8. The summed E-state index contributed by atoms with van der Waals surface area (Å²) in [6.07, 6.45) is -3.57. The largest absolute Gasteiger partial charge is 0.472 e. The van der Waals surface area contributed by atoms with Gasteiger partial charge in [-0.2, -0.15) is 9.97 Å². The number of nitrogens with zero attached hydrogens (tertiary/aromatic N) is 8. The standard InChI is InChI=1S/C24H30F2N10O9P2S2/c25-12-16(44-46(39)48)10(5-37)42-22(12)35-8-31-14-18(29-7-30-19(14)35)28-3-1-2-4-41-21-15-20(33-24(27)34-21)36(9-32-15)23-13(26)17(45-47(40)49)11(6-38)43-23/h1-2,7-13,16-17,22-23,37-38,46-47H,3-6H2,(H,39,48)(H,40,49)(H2,27,33,34)(H,28,29,30)/b2-1+/t10-,11-,12-,13-,16-,17-,22-,23-/m1/s1. The summed E-state index contributed by atoms with van der Waals surface area (Å²) in [6, 6.07) is 0. The van der Waals surface area contributed by atoms with Crippen molar-refractivity contribution in [3.63, 3.8) is 0 Å². The van der Waals surface area contributed by atoms with E-state index in [1.807, 2.05) is 0 Å². The van der Waals surface area contributed by atoms with E-state index in [1.54, 1.807) is 12.2 Å². The quantitative estimate of drug-likeness (QED) is 0.0719. The van der Waals surface area contributed by atoms with Gasteiger partial charge in [-0.05, 0) is 29.7 Å². The first kappa shape index (κ1) is 35.9. The number of alkyl halides is 2. The lowest BCUT2D eigenvalue weighted by atomic mass is 10.1. The summed E-state index contributed by atoms with van der Waals surface area (Å²) in [7, 11) is -5.35. The maximum Gasteiger partial charge on any atom is 0.247 e. The molecule has 266 valence electrons. The van der Waals surface area contributed by atoms with Crippen molar-refractivity contribution < 1.29 is 52.0 Å². The molecule has 0 spiro atoms. The van der Waals surface area contributed by atoms with Crippen molar-refractivity contribution in [1.29, 1.82) is 0 Å². The highest BCUT2D eigenvalue weighted by Gasteiger charge is 2.49. The van der Waals surface area contributed by atoms with Crippen molar-refractivity contribution in [2.45, 2.75) is 49.2 Å². The van der Waals surface area contributed by atoms with E-state index in [9.17, 15) is 20.0 Å². The van der Waals surface area contributed by atoms with Crippen LogP contribution in [-0.4, -0.2) is 122 Å². The van der Waals surface area contributed by atoms with Crippen LogP contribution in [0.15, 0.2) is 31.1 Å². The van der Waals surface area contributed by atoms with Crippen molar-refractivity contribution in [2.24, 2.45) is 0 Å². The average molecular weight is 767 g/mol. The molecule has 4 aromatic rings. The number of rotatable bonds is 14. The van der Waals surface area contributed by atoms with E-state index in [4.69, 9.17) is 29.0 Å². The minimum absolute atomic E-state index is 0.0218. The molecular formula is C24H30F2N10O9P2S2. The number of nitrogen functional groups attached to an aromatic ring is 1. The predicted molar refractivity (Wildman–Crippen MR) is 176 cm³/mol. The van der Waals surface area contributed by atoms with Crippen molar-refractivity contribution >= 4 is 72.0 Å². The number of imidazole rings is 2. The summed E-state index contributed by atoms with van der Waals surface area (Å²) in [5.41, 5.74) is 6.74. The van der Waals surface area contributed by atoms with Crippen LogP contribution >= 0.6 is 14.3 Å². The summed E-state index contributed by atoms with van der Waals surface area (Å²) in [6.45, 7) is -0.831. The molecule has 7 N–H and O–H groups in total. The van der Waals surface area contributed by atoms with Gasteiger partial charge in [-0.25, -0.2) is 28.7 Å². The number of nitrogens with two attached hydrogens (primary N) is 1. The van der Waals surface area contributed by atoms with Crippen molar-refractivity contribution in [2.75, 3.05) is 37.4 Å². The third-order valence-electron chi connectivity index (χ3n) is 7.55. The first-order valence-corrected chi connectivity index (χ1v) is 19.4.